The van der Waals surface area contributed by atoms with Crippen molar-refractivity contribution in [3.63, 3.8) is 0 Å². The number of rotatable bonds is 3. The van der Waals surface area contributed by atoms with E-state index in [1.807, 2.05) is 18.2 Å². The van der Waals surface area contributed by atoms with Crippen LogP contribution in [0.4, 0.5) is 5.69 Å². The summed E-state index contributed by atoms with van der Waals surface area (Å²) in [5.74, 6) is 0. The second-order valence-electron chi connectivity index (χ2n) is 4.58. The lowest BCUT2D eigenvalue weighted by Gasteiger charge is -2.37. The van der Waals surface area contributed by atoms with Crippen LogP contribution in [-0.2, 0) is 0 Å². The molecule has 1 aromatic rings. The van der Waals surface area contributed by atoms with Gasteiger partial charge in [-0.1, -0.05) is 6.07 Å². The van der Waals surface area contributed by atoms with Crippen molar-refractivity contribution >= 4 is 5.69 Å². The number of hydrogen-bond donors (Lipinski definition) is 1. The van der Waals surface area contributed by atoms with Gasteiger partial charge in [0.1, 0.15) is 0 Å². The molecule has 0 amide bonds. The molecular formula is C14H19N3. The molecule has 17 heavy (non-hydrogen) atoms. The lowest BCUT2D eigenvalue weighted by atomic mass is 9.98. The Morgan fingerprint density at radius 1 is 1.41 bits per heavy atom. The Hall–Kier alpha value is -1.53. The van der Waals surface area contributed by atoms with Crippen molar-refractivity contribution < 1.29 is 0 Å². The molecule has 1 aliphatic rings. The molecule has 2 N–H and O–H groups in total. The van der Waals surface area contributed by atoms with E-state index < -0.39 is 0 Å². The highest BCUT2D eigenvalue weighted by Crippen LogP contribution is 2.26. The molecule has 0 spiro atoms. The Kier molecular flexibility index (Phi) is 4.00. The molecular weight excluding hydrogens is 210 g/mol. The number of piperidine rings is 1. The van der Waals surface area contributed by atoms with Crippen LogP contribution in [0.15, 0.2) is 24.3 Å². The fraction of sp³-hybridized carbons (Fsp3) is 0.500. The molecule has 3 heteroatoms. The first kappa shape index (κ1) is 11.9. The third-order valence-corrected chi connectivity index (χ3v) is 3.43. The van der Waals surface area contributed by atoms with Crippen molar-refractivity contribution in [2.24, 2.45) is 5.73 Å². The Bertz CT molecular complexity index is 406. The number of nitrogens with two attached hydrogens (primary N) is 1. The van der Waals surface area contributed by atoms with E-state index in [0.29, 0.717) is 6.04 Å². The van der Waals surface area contributed by atoms with Crippen molar-refractivity contribution in [2.75, 3.05) is 18.0 Å². The van der Waals surface area contributed by atoms with Gasteiger partial charge in [0.25, 0.3) is 0 Å². The van der Waals surface area contributed by atoms with E-state index in [1.165, 1.54) is 24.9 Å². The third kappa shape index (κ3) is 2.78. The normalized spacial score (nSPS) is 20.0. The Labute approximate surface area is 103 Å². The fourth-order valence-electron chi connectivity index (χ4n) is 2.59. The zero-order chi connectivity index (χ0) is 12.1. The lowest BCUT2D eigenvalue weighted by Crippen LogP contribution is -2.40. The molecule has 1 aromatic carbocycles. The number of anilines is 1. The molecule has 1 unspecified atom stereocenters. The summed E-state index contributed by atoms with van der Waals surface area (Å²) in [6.07, 6.45) is 4.78. The average molecular weight is 229 g/mol. The predicted molar refractivity (Wildman–Crippen MR) is 69.8 cm³/mol. The van der Waals surface area contributed by atoms with Crippen LogP contribution in [0.25, 0.3) is 0 Å². The van der Waals surface area contributed by atoms with Gasteiger partial charge in [-0.2, -0.15) is 5.26 Å². The first-order valence-electron chi connectivity index (χ1n) is 6.32. The summed E-state index contributed by atoms with van der Waals surface area (Å²) in [5, 5.41) is 8.94. The second-order valence-corrected chi connectivity index (χ2v) is 4.58. The predicted octanol–water partition coefficient (Wildman–Crippen LogP) is 2.27. The molecule has 1 fully saturated rings. The van der Waals surface area contributed by atoms with E-state index in [2.05, 4.69) is 17.0 Å². The summed E-state index contributed by atoms with van der Waals surface area (Å²) < 4.78 is 0. The van der Waals surface area contributed by atoms with E-state index >= 15 is 0 Å². The zero-order valence-electron chi connectivity index (χ0n) is 10.1. The first-order chi connectivity index (χ1) is 8.35. The van der Waals surface area contributed by atoms with E-state index in [9.17, 15) is 0 Å². The topological polar surface area (TPSA) is 53.0 Å². The quantitative estimate of drug-likeness (QED) is 0.865. The Morgan fingerprint density at radius 2 is 2.29 bits per heavy atom. The van der Waals surface area contributed by atoms with Crippen molar-refractivity contribution in [1.82, 2.24) is 0 Å². The standard InChI is InChI=1S/C14H19N3/c15-8-7-13-5-1-2-9-17(13)14-6-3-4-12(10-14)11-16/h3-4,6,10,13H,1-2,5,7-9,15H2. The molecule has 1 heterocycles. The molecule has 0 aromatic heterocycles. The number of nitriles is 1. The maximum atomic E-state index is 8.94. The molecule has 1 atom stereocenters. The van der Waals surface area contributed by atoms with E-state index in [0.717, 1.165) is 25.1 Å². The highest BCUT2D eigenvalue weighted by Gasteiger charge is 2.21. The molecule has 0 bridgehead atoms. The zero-order valence-corrected chi connectivity index (χ0v) is 10.1. The van der Waals surface area contributed by atoms with Gasteiger partial charge in [-0.15, -0.1) is 0 Å². The molecule has 1 aliphatic heterocycles. The van der Waals surface area contributed by atoms with Gasteiger partial charge in [0.05, 0.1) is 11.6 Å². The molecule has 0 saturated carbocycles. The molecule has 3 nitrogen and oxygen atoms in total. The van der Waals surface area contributed by atoms with Gasteiger partial charge in [0.15, 0.2) is 0 Å². The van der Waals surface area contributed by atoms with Gasteiger partial charge in [0.2, 0.25) is 0 Å². The fourth-order valence-corrected chi connectivity index (χ4v) is 2.59. The monoisotopic (exact) mass is 229 g/mol. The van der Waals surface area contributed by atoms with Crippen LogP contribution in [0.2, 0.25) is 0 Å². The summed E-state index contributed by atoms with van der Waals surface area (Å²) >= 11 is 0. The Morgan fingerprint density at radius 3 is 3.06 bits per heavy atom. The maximum Gasteiger partial charge on any atom is 0.0992 e. The number of hydrogen-bond acceptors (Lipinski definition) is 3. The minimum absolute atomic E-state index is 0.544. The van der Waals surface area contributed by atoms with Crippen LogP contribution in [-0.4, -0.2) is 19.1 Å². The summed E-state index contributed by atoms with van der Waals surface area (Å²) in [6, 6.07) is 10.6. The second kappa shape index (κ2) is 5.70. The molecule has 0 aliphatic carbocycles. The van der Waals surface area contributed by atoms with E-state index in [-0.39, 0.29) is 0 Å². The summed E-state index contributed by atoms with van der Waals surface area (Å²) in [6.45, 7) is 1.82. The van der Waals surface area contributed by atoms with Crippen LogP contribution in [0, 0.1) is 11.3 Å². The van der Waals surface area contributed by atoms with Gasteiger partial charge < -0.3 is 10.6 Å². The van der Waals surface area contributed by atoms with Crippen molar-refractivity contribution in [2.45, 2.75) is 31.7 Å². The highest BCUT2D eigenvalue weighted by atomic mass is 15.2. The number of benzene rings is 1. The first-order valence-corrected chi connectivity index (χ1v) is 6.32. The lowest BCUT2D eigenvalue weighted by molar-refractivity contribution is 0.442. The average Bonchev–Trinajstić information content (AvgIpc) is 2.40. The molecule has 90 valence electrons. The van der Waals surface area contributed by atoms with Gasteiger partial charge in [-0.05, 0) is 50.4 Å². The Balaban J connectivity index is 2.20. The minimum Gasteiger partial charge on any atom is -0.368 e. The van der Waals surface area contributed by atoms with E-state index in [4.69, 9.17) is 11.0 Å². The van der Waals surface area contributed by atoms with Gasteiger partial charge in [-0.3, -0.25) is 0 Å². The summed E-state index contributed by atoms with van der Waals surface area (Å²) in [7, 11) is 0. The largest absolute Gasteiger partial charge is 0.368 e. The SMILES string of the molecule is N#Cc1cccc(N2CCCCC2CCN)c1. The van der Waals surface area contributed by atoms with Crippen molar-refractivity contribution in [3.05, 3.63) is 29.8 Å². The van der Waals surface area contributed by atoms with Gasteiger partial charge >= 0.3 is 0 Å². The number of nitrogens with zero attached hydrogens (tertiary/aromatic N) is 2. The van der Waals surface area contributed by atoms with Crippen LogP contribution in [0.5, 0.6) is 0 Å². The van der Waals surface area contributed by atoms with Crippen molar-refractivity contribution in [1.29, 1.82) is 5.26 Å². The maximum absolute atomic E-state index is 8.94. The van der Waals surface area contributed by atoms with Crippen molar-refractivity contribution in [3.8, 4) is 6.07 Å². The third-order valence-electron chi connectivity index (χ3n) is 3.43. The van der Waals surface area contributed by atoms with Crippen LogP contribution < -0.4 is 10.6 Å². The highest BCUT2D eigenvalue weighted by molar-refractivity contribution is 5.52. The van der Waals surface area contributed by atoms with Crippen LogP contribution >= 0.6 is 0 Å². The molecule has 2 rings (SSSR count). The van der Waals surface area contributed by atoms with Crippen LogP contribution in [0.3, 0.4) is 0 Å². The van der Waals surface area contributed by atoms with Crippen LogP contribution in [0.1, 0.15) is 31.2 Å². The smallest absolute Gasteiger partial charge is 0.0992 e. The van der Waals surface area contributed by atoms with E-state index in [1.54, 1.807) is 0 Å². The summed E-state index contributed by atoms with van der Waals surface area (Å²) in [5.41, 5.74) is 7.58. The molecule has 0 radical (unpaired) electrons. The molecule has 1 saturated heterocycles. The van der Waals surface area contributed by atoms with Gasteiger partial charge in [-0.25, -0.2) is 0 Å². The minimum atomic E-state index is 0.544. The summed E-state index contributed by atoms with van der Waals surface area (Å²) in [4.78, 5) is 2.41. The van der Waals surface area contributed by atoms with Gasteiger partial charge in [0, 0.05) is 18.3 Å².